The number of aliphatic imine (C=N–C) groups is 2. The van der Waals surface area contributed by atoms with E-state index in [0.717, 1.165) is 40.3 Å². The summed E-state index contributed by atoms with van der Waals surface area (Å²) in [6.45, 7) is 27.4. The summed E-state index contributed by atoms with van der Waals surface area (Å²) in [5.41, 5.74) is 6.20. The van der Waals surface area contributed by atoms with E-state index in [1.807, 2.05) is 6.21 Å². The molecular weight excluding hydrogens is 691 g/mol. The first-order valence-corrected chi connectivity index (χ1v) is 17.8. The molecule has 4 aromatic carbocycles. The minimum Gasteiger partial charge on any atom is -0.507 e. The molecule has 0 amide bonds. The van der Waals surface area contributed by atoms with Crippen LogP contribution in [0.3, 0.4) is 0 Å². The average molecular weight is 752 g/mol. The Balaban J connectivity index is 0.00000178. The van der Waals surface area contributed by atoms with Crippen molar-refractivity contribution in [2.75, 3.05) is 6.54 Å². The van der Waals surface area contributed by atoms with Gasteiger partial charge in [-0.05, 0) is 67.7 Å². The summed E-state index contributed by atoms with van der Waals surface area (Å²) in [7, 11) is 0. The van der Waals surface area contributed by atoms with Gasteiger partial charge in [0, 0.05) is 58.4 Å². The van der Waals surface area contributed by atoms with E-state index in [4.69, 9.17) is 19.9 Å². The number of carboxylic acids is 1. The van der Waals surface area contributed by atoms with Crippen LogP contribution in [0.2, 0.25) is 0 Å². The predicted molar refractivity (Wildman–Crippen MR) is 216 cm³/mol. The predicted octanol–water partition coefficient (Wildman–Crippen LogP) is 10.7. The van der Waals surface area contributed by atoms with Crippen LogP contribution in [-0.4, -0.2) is 46.3 Å². The Hall–Kier alpha value is -3.94. The molecule has 0 fully saturated rings. The smallest absolute Gasteiger partial charge is 0.300 e. The first-order chi connectivity index (χ1) is 23.4. The van der Waals surface area contributed by atoms with Crippen LogP contribution in [0, 0.1) is 0 Å². The van der Waals surface area contributed by atoms with Crippen LogP contribution in [0.1, 0.15) is 129 Å². The standard InChI is InChI=1S/C43H56N2O2.C2H4O2.Co/c1-40(2,3)32-20-30(38(46)36(23-32)42(7,8)9)25-44-27-34(22-29-18-15-17-28-16-13-14-19-35(28)29)45-26-31-21-33(41(4,5)6)24-37(39(31)47)43(10,11)12;1-2(3)4;/h13-21,23-26,34,46-47H,22,27H2,1-12H3;1H3,(H,3,4);. The maximum Gasteiger partial charge on any atom is 0.300 e. The SMILES string of the molecule is CC(=O)O.CC(C)(C)c1cc(C=NCC(Cc2cccc3ccccc23)N=Cc2cc(C(C)(C)C)cc(C(C)(C)C)c2O)c(O)c(C(C)(C)C)c1.[Co]. The molecule has 0 bridgehead atoms. The quantitative estimate of drug-likeness (QED) is 0.164. The van der Waals surface area contributed by atoms with Crippen LogP contribution in [0.25, 0.3) is 10.8 Å². The number of nitrogens with zero attached hydrogens (tertiary/aromatic N) is 2. The summed E-state index contributed by atoms with van der Waals surface area (Å²) in [4.78, 5) is 19.0. The minimum atomic E-state index is -0.833. The number of hydrogen-bond acceptors (Lipinski definition) is 5. The first kappa shape index (κ1) is 44.2. The van der Waals surface area contributed by atoms with Gasteiger partial charge >= 0.3 is 0 Å². The van der Waals surface area contributed by atoms with Gasteiger partial charge in [-0.2, -0.15) is 0 Å². The van der Waals surface area contributed by atoms with Gasteiger partial charge in [0.05, 0.1) is 12.6 Å². The zero-order valence-electron chi connectivity index (χ0n) is 33.5. The molecule has 1 radical (unpaired) electrons. The molecule has 4 aromatic rings. The Morgan fingerprint density at radius 3 is 1.58 bits per heavy atom. The molecule has 52 heavy (non-hydrogen) atoms. The molecule has 0 aromatic heterocycles. The Labute approximate surface area is 322 Å². The second-order valence-electron chi connectivity index (χ2n) is 17.7. The van der Waals surface area contributed by atoms with Crippen LogP contribution in [0.15, 0.2) is 76.7 Å². The van der Waals surface area contributed by atoms with E-state index in [-0.39, 0.29) is 56.0 Å². The topological polar surface area (TPSA) is 102 Å². The number of carbonyl (C=O) groups is 1. The zero-order chi connectivity index (χ0) is 38.5. The van der Waals surface area contributed by atoms with Gasteiger partial charge in [-0.3, -0.25) is 14.8 Å². The maximum atomic E-state index is 11.4. The minimum absolute atomic E-state index is 0. The van der Waals surface area contributed by atoms with Gasteiger partial charge in [0.1, 0.15) is 11.5 Å². The van der Waals surface area contributed by atoms with Crippen LogP contribution in [-0.2, 0) is 49.7 Å². The largest absolute Gasteiger partial charge is 0.507 e. The van der Waals surface area contributed by atoms with E-state index in [2.05, 4.69) is 150 Å². The fraction of sp³-hybridized carbons (Fsp3) is 0.444. The fourth-order valence-corrected chi connectivity index (χ4v) is 5.87. The van der Waals surface area contributed by atoms with Crippen molar-refractivity contribution in [1.82, 2.24) is 0 Å². The summed E-state index contributed by atoms with van der Waals surface area (Å²) in [6.07, 6.45) is 4.32. The number of rotatable bonds is 7. The number of aromatic hydroxyl groups is 2. The summed E-state index contributed by atoms with van der Waals surface area (Å²) < 4.78 is 0. The average Bonchev–Trinajstić information content (AvgIpc) is 2.98. The molecule has 0 heterocycles. The van der Waals surface area contributed by atoms with E-state index in [9.17, 15) is 10.2 Å². The zero-order valence-corrected chi connectivity index (χ0v) is 34.5. The van der Waals surface area contributed by atoms with Gasteiger partial charge in [-0.15, -0.1) is 0 Å². The van der Waals surface area contributed by atoms with Crippen molar-refractivity contribution in [2.24, 2.45) is 9.98 Å². The van der Waals surface area contributed by atoms with Crippen molar-refractivity contribution in [3.05, 3.63) is 106 Å². The summed E-state index contributed by atoms with van der Waals surface area (Å²) in [6, 6.07) is 23.0. The third kappa shape index (κ3) is 12.1. The number of carboxylic acid groups (broad SMARTS) is 1. The molecule has 3 N–H and O–H groups in total. The van der Waals surface area contributed by atoms with E-state index < -0.39 is 5.97 Å². The van der Waals surface area contributed by atoms with Crippen LogP contribution < -0.4 is 0 Å². The summed E-state index contributed by atoms with van der Waals surface area (Å²) in [5, 5.41) is 32.6. The van der Waals surface area contributed by atoms with E-state index >= 15 is 0 Å². The number of hydrogen-bond donors (Lipinski definition) is 3. The van der Waals surface area contributed by atoms with Gasteiger partial charge in [0.25, 0.3) is 5.97 Å². The number of aliphatic carboxylic acids is 1. The maximum absolute atomic E-state index is 11.4. The molecule has 7 heteroatoms. The Morgan fingerprint density at radius 1 is 0.673 bits per heavy atom. The molecule has 0 aliphatic carbocycles. The molecule has 0 aliphatic heterocycles. The van der Waals surface area contributed by atoms with Crippen molar-refractivity contribution in [1.29, 1.82) is 0 Å². The van der Waals surface area contributed by atoms with Gasteiger partial charge in [-0.25, -0.2) is 0 Å². The van der Waals surface area contributed by atoms with Crippen LogP contribution in [0.5, 0.6) is 11.5 Å². The van der Waals surface area contributed by atoms with Crippen molar-refractivity contribution in [3.8, 4) is 11.5 Å². The molecule has 0 aliphatic rings. The molecule has 6 nitrogen and oxygen atoms in total. The van der Waals surface area contributed by atoms with Gasteiger partial charge < -0.3 is 15.3 Å². The van der Waals surface area contributed by atoms with Crippen LogP contribution in [0.4, 0.5) is 0 Å². The Kier molecular flexibility index (Phi) is 14.7. The third-order valence-electron chi connectivity index (χ3n) is 8.93. The Bertz CT molecular complexity index is 1890. The third-order valence-corrected chi connectivity index (χ3v) is 8.93. The molecule has 0 saturated heterocycles. The number of fused-ring (bicyclic) bond motifs is 1. The van der Waals surface area contributed by atoms with Crippen molar-refractivity contribution in [2.45, 2.75) is 124 Å². The molecule has 0 saturated carbocycles. The fourth-order valence-electron chi connectivity index (χ4n) is 5.87. The molecule has 4 rings (SSSR count). The van der Waals surface area contributed by atoms with E-state index in [0.29, 0.717) is 13.0 Å². The van der Waals surface area contributed by atoms with Gasteiger partial charge in [0.2, 0.25) is 0 Å². The van der Waals surface area contributed by atoms with Crippen molar-refractivity contribution in [3.63, 3.8) is 0 Å². The molecule has 1 unspecified atom stereocenters. The van der Waals surface area contributed by atoms with Crippen LogP contribution >= 0.6 is 0 Å². The van der Waals surface area contributed by atoms with E-state index in [1.165, 1.54) is 16.3 Å². The van der Waals surface area contributed by atoms with Crippen molar-refractivity contribution >= 4 is 29.2 Å². The monoisotopic (exact) mass is 751 g/mol. The number of benzene rings is 4. The molecule has 1 atom stereocenters. The summed E-state index contributed by atoms with van der Waals surface area (Å²) >= 11 is 0. The number of phenolic OH excluding ortho intramolecular Hbond substituents is 2. The normalized spacial score (nSPS) is 13.2. The second-order valence-corrected chi connectivity index (χ2v) is 17.7. The van der Waals surface area contributed by atoms with Gasteiger partial charge in [0.15, 0.2) is 0 Å². The van der Waals surface area contributed by atoms with E-state index in [1.54, 1.807) is 6.21 Å². The molecular formula is C45H60CoN2O4. The molecule has 0 spiro atoms. The summed E-state index contributed by atoms with van der Waals surface area (Å²) in [5.74, 6) is -0.276. The Morgan fingerprint density at radius 2 is 1.12 bits per heavy atom. The van der Waals surface area contributed by atoms with Gasteiger partial charge in [-0.1, -0.05) is 138 Å². The van der Waals surface area contributed by atoms with Crippen molar-refractivity contribution < 1.29 is 36.9 Å². The second kappa shape index (κ2) is 17.3. The number of phenols is 2. The molecule has 283 valence electrons. The first-order valence-electron chi connectivity index (χ1n) is 17.8.